The molecule has 37 heavy (non-hydrogen) atoms. The molecule has 1 N–H and O–H groups in total. The number of fused-ring (bicyclic) bond motifs is 1. The van der Waals surface area contributed by atoms with Crippen LogP contribution in [-0.2, 0) is 16.0 Å². The van der Waals surface area contributed by atoms with Crippen LogP contribution in [-0.4, -0.2) is 18.8 Å². The lowest BCUT2D eigenvalue weighted by Crippen LogP contribution is -2.39. The summed E-state index contributed by atoms with van der Waals surface area (Å²) in [4.78, 5) is 30.9. The first kappa shape index (κ1) is 23.3. The lowest BCUT2D eigenvalue weighted by atomic mass is 9.79. The Labute approximate surface area is 219 Å². The van der Waals surface area contributed by atoms with Crippen LogP contribution < -0.4 is 15.0 Å². The van der Waals surface area contributed by atoms with Crippen molar-refractivity contribution in [3.05, 3.63) is 112 Å². The molecule has 1 amide bonds. The zero-order chi connectivity index (χ0) is 25.4. The average Bonchev–Trinajstić information content (AvgIpc) is 3.61. The number of furan rings is 1. The van der Waals surface area contributed by atoms with E-state index in [-0.39, 0.29) is 24.0 Å². The Balaban J connectivity index is 1.56. The number of ether oxygens (including phenoxy) is 1. The highest BCUT2D eigenvalue weighted by Gasteiger charge is 2.43. The average molecular weight is 511 g/mol. The number of nitrogens with one attached hydrogen (secondary N) is 1. The van der Waals surface area contributed by atoms with Crippen LogP contribution in [0.15, 0.2) is 100 Å². The Hall–Kier alpha value is -4.10. The topological polar surface area (TPSA) is 71.8 Å². The number of carbonyl (C=O) groups is 2. The zero-order valence-electron chi connectivity index (χ0n) is 20.3. The van der Waals surface area contributed by atoms with Gasteiger partial charge in [0, 0.05) is 34.0 Å². The molecular formula is C30H26N2O4S. The predicted molar refractivity (Wildman–Crippen MR) is 144 cm³/mol. The second kappa shape index (κ2) is 9.75. The molecule has 2 aromatic heterocycles. The highest BCUT2D eigenvalue weighted by atomic mass is 32.1. The van der Waals surface area contributed by atoms with Gasteiger partial charge in [0.1, 0.15) is 11.5 Å². The molecule has 0 saturated carbocycles. The summed E-state index contributed by atoms with van der Waals surface area (Å²) in [5, 5.41) is 5.52. The number of benzene rings is 2. The molecule has 186 valence electrons. The van der Waals surface area contributed by atoms with Crippen molar-refractivity contribution in [2.75, 3.05) is 17.3 Å². The number of thiophene rings is 1. The summed E-state index contributed by atoms with van der Waals surface area (Å²) in [5.41, 5.74) is 3.72. The third kappa shape index (κ3) is 4.25. The fraction of sp³-hybridized carbons (Fsp3) is 0.200. The van der Waals surface area contributed by atoms with E-state index in [4.69, 9.17) is 9.15 Å². The number of amides is 1. The third-order valence-electron chi connectivity index (χ3n) is 7.04. The second-order valence-corrected chi connectivity index (χ2v) is 10.3. The van der Waals surface area contributed by atoms with Crippen molar-refractivity contribution in [1.82, 2.24) is 0 Å². The molecule has 6 rings (SSSR count). The van der Waals surface area contributed by atoms with Gasteiger partial charge in [-0.15, -0.1) is 11.3 Å². The molecule has 0 spiro atoms. The smallest absolute Gasteiger partial charge is 0.233 e. The molecule has 2 aliphatic rings. The van der Waals surface area contributed by atoms with Gasteiger partial charge in [-0.1, -0.05) is 36.4 Å². The van der Waals surface area contributed by atoms with Gasteiger partial charge < -0.3 is 14.5 Å². The van der Waals surface area contributed by atoms with Crippen LogP contribution in [0, 0.1) is 0 Å². The van der Waals surface area contributed by atoms with E-state index in [2.05, 4.69) is 5.32 Å². The van der Waals surface area contributed by atoms with E-state index >= 15 is 0 Å². The standard InChI is InChI=1S/C30H26N2O4S/c1-35-27-12-5-2-9-21(27)30-29-23(16-19(17-25(29)33)26-13-6-14-36-26)31-22-10-3-4-11-24(22)32(30)28(34)18-20-8-7-15-37-20/h2-15,19,30-31H,16-18H2,1H3/t19-,30+/m1/s1. The van der Waals surface area contributed by atoms with Gasteiger partial charge in [-0.2, -0.15) is 0 Å². The number of carbonyl (C=O) groups excluding carboxylic acids is 2. The highest BCUT2D eigenvalue weighted by Crippen LogP contribution is 2.49. The molecule has 0 bridgehead atoms. The van der Waals surface area contributed by atoms with Crippen molar-refractivity contribution in [3.8, 4) is 5.75 Å². The van der Waals surface area contributed by atoms with Gasteiger partial charge in [0.25, 0.3) is 0 Å². The van der Waals surface area contributed by atoms with E-state index in [1.54, 1.807) is 29.6 Å². The first-order valence-electron chi connectivity index (χ1n) is 12.3. The third-order valence-corrected chi connectivity index (χ3v) is 7.92. The number of nitrogens with zero attached hydrogens (tertiary/aromatic N) is 1. The number of ketones is 1. The lowest BCUT2D eigenvalue weighted by Gasteiger charge is -2.35. The summed E-state index contributed by atoms with van der Waals surface area (Å²) in [5.74, 6) is 1.26. The fourth-order valence-electron chi connectivity index (χ4n) is 5.42. The molecule has 0 radical (unpaired) electrons. The molecule has 1 aliphatic heterocycles. The first-order valence-corrected chi connectivity index (χ1v) is 13.1. The largest absolute Gasteiger partial charge is 0.496 e. The molecule has 4 aromatic rings. The maximum Gasteiger partial charge on any atom is 0.233 e. The highest BCUT2D eigenvalue weighted by molar-refractivity contribution is 7.10. The Morgan fingerprint density at radius 1 is 1.05 bits per heavy atom. The number of hydrogen-bond donors (Lipinski definition) is 1. The normalized spacial score (nSPS) is 19.1. The molecule has 6 nitrogen and oxygen atoms in total. The van der Waals surface area contributed by atoms with Gasteiger partial charge in [0.2, 0.25) is 5.91 Å². The monoisotopic (exact) mass is 510 g/mol. The molecule has 0 fully saturated rings. The number of Topliss-reactive ketones (excluding diaryl/α,β-unsaturated/α-hetero) is 1. The SMILES string of the molecule is COc1ccccc1[C@H]1C2=C(C[C@@H](c3ccco3)CC2=O)Nc2ccccc2N1C(=O)Cc1cccs1. The van der Waals surface area contributed by atoms with Gasteiger partial charge in [0.15, 0.2) is 5.78 Å². The molecule has 0 saturated heterocycles. The molecule has 3 heterocycles. The van der Waals surface area contributed by atoms with Crippen molar-refractivity contribution in [3.63, 3.8) is 0 Å². The number of rotatable bonds is 5. The van der Waals surface area contributed by atoms with Gasteiger partial charge in [-0.05, 0) is 48.2 Å². The Morgan fingerprint density at radius 2 is 1.89 bits per heavy atom. The minimum absolute atomic E-state index is 0.00668. The summed E-state index contributed by atoms with van der Waals surface area (Å²) >= 11 is 1.55. The van der Waals surface area contributed by atoms with E-state index in [0.29, 0.717) is 24.2 Å². The maximum absolute atomic E-state index is 14.1. The molecule has 0 unspecified atom stereocenters. The van der Waals surface area contributed by atoms with Gasteiger partial charge in [-0.25, -0.2) is 0 Å². The number of allylic oxidation sites excluding steroid dienone is 1. The first-order chi connectivity index (χ1) is 18.1. The molecule has 2 aromatic carbocycles. The van der Waals surface area contributed by atoms with Crippen LogP contribution >= 0.6 is 11.3 Å². The fourth-order valence-corrected chi connectivity index (χ4v) is 6.12. The van der Waals surface area contributed by atoms with Crippen LogP contribution in [0.1, 0.15) is 41.0 Å². The molecule has 1 aliphatic carbocycles. The van der Waals surface area contributed by atoms with Crippen molar-refractivity contribution < 1.29 is 18.7 Å². The number of anilines is 2. The summed E-state index contributed by atoms with van der Waals surface area (Å²) in [7, 11) is 1.62. The number of para-hydroxylation sites is 3. The van der Waals surface area contributed by atoms with Crippen molar-refractivity contribution >= 4 is 34.4 Å². The Bertz CT molecular complexity index is 1470. The predicted octanol–water partition coefficient (Wildman–Crippen LogP) is 6.49. The van der Waals surface area contributed by atoms with Crippen LogP contribution in [0.4, 0.5) is 11.4 Å². The van der Waals surface area contributed by atoms with Crippen LogP contribution in [0.25, 0.3) is 0 Å². The molecule has 2 atom stereocenters. The molecular weight excluding hydrogens is 484 g/mol. The van der Waals surface area contributed by atoms with Gasteiger partial charge in [-0.3, -0.25) is 14.5 Å². The van der Waals surface area contributed by atoms with Crippen LogP contribution in [0.2, 0.25) is 0 Å². The van der Waals surface area contributed by atoms with E-state index in [1.165, 1.54) is 0 Å². The quantitative estimate of drug-likeness (QED) is 0.332. The summed E-state index contributed by atoms with van der Waals surface area (Å²) in [6.45, 7) is 0. The lowest BCUT2D eigenvalue weighted by molar-refractivity contribution is -0.118. The van der Waals surface area contributed by atoms with Crippen LogP contribution in [0.5, 0.6) is 5.75 Å². The second-order valence-electron chi connectivity index (χ2n) is 9.24. The van der Waals surface area contributed by atoms with E-state index in [0.717, 1.165) is 33.3 Å². The summed E-state index contributed by atoms with van der Waals surface area (Å²) < 4.78 is 11.4. The zero-order valence-corrected chi connectivity index (χ0v) is 21.2. The number of methoxy groups -OCH3 is 1. The Kier molecular flexibility index (Phi) is 6.14. The van der Waals surface area contributed by atoms with Crippen molar-refractivity contribution in [1.29, 1.82) is 0 Å². The summed E-state index contributed by atoms with van der Waals surface area (Å²) in [6, 6.07) is 22.4. The van der Waals surface area contributed by atoms with Crippen LogP contribution in [0.3, 0.4) is 0 Å². The summed E-state index contributed by atoms with van der Waals surface area (Å²) in [6.07, 6.45) is 2.79. The maximum atomic E-state index is 14.1. The van der Waals surface area contributed by atoms with E-state index in [9.17, 15) is 9.59 Å². The van der Waals surface area contributed by atoms with Gasteiger partial charge >= 0.3 is 0 Å². The van der Waals surface area contributed by atoms with E-state index < -0.39 is 6.04 Å². The van der Waals surface area contributed by atoms with Crippen molar-refractivity contribution in [2.45, 2.75) is 31.2 Å². The van der Waals surface area contributed by atoms with E-state index in [1.807, 2.05) is 78.2 Å². The Morgan fingerprint density at radius 3 is 2.68 bits per heavy atom. The van der Waals surface area contributed by atoms with Crippen molar-refractivity contribution in [2.24, 2.45) is 0 Å². The number of hydrogen-bond acceptors (Lipinski definition) is 6. The minimum Gasteiger partial charge on any atom is -0.496 e. The van der Waals surface area contributed by atoms with Gasteiger partial charge in [0.05, 0.1) is 37.2 Å². The minimum atomic E-state index is -0.639. The molecule has 7 heteroatoms.